The van der Waals surface area contributed by atoms with E-state index in [0.717, 1.165) is 88.4 Å². The van der Waals surface area contributed by atoms with Crippen LogP contribution in [-0.4, -0.2) is 19.5 Å². The molecule has 0 unspecified atom stereocenters. The van der Waals surface area contributed by atoms with Crippen LogP contribution < -0.4 is 0 Å². The summed E-state index contributed by atoms with van der Waals surface area (Å²) in [4.78, 5) is 15.1. The van der Waals surface area contributed by atoms with Crippen LogP contribution in [0.3, 0.4) is 0 Å². The highest BCUT2D eigenvalue weighted by Crippen LogP contribution is 2.40. The first-order chi connectivity index (χ1) is 28.2. The Hall–Kier alpha value is -7.83. The monoisotopic (exact) mass is 730 g/mol. The highest BCUT2D eigenvalue weighted by atomic mass is 16.3. The predicted molar refractivity (Wildman–Crippen MR) is 230 cm³/mol. The minimum Gasteiger partial charge on any atom is -0.456 e. The Morgan fingerprint density at radius 3 is 1.42 bits per heavy atom. The summed E-state index contributed by atoms with van der Waals surface area (Å²) < 4.78 is 15.5. The summed E-state index contributed by atoms with van der Waals surface area (Å²) in [6, 6.07) is 62.7. The normalized spacial score (nSPS) is 11.9. The van der Waals surface area contributed by atoms with Gasteiger partial charge in [-0.1, -0.05) is 121 Å². The van der Waals surface area contributed by atoms with Crippen LogP contribution in [0, 0.1) is 0 Å². The second-order valence-corrected chi connectivity index (χ2v) is 14.4. The summed E-state index contributed by atoms with van der Waals surface area (Å²) in [5.41, 5.74) is 11.4. The molecule has 0 atom stereocenters. The molecule has 0 fully saturated rings. The highest BCUT2D eigenvalue weighted by Gasteiger charge is 2.20. The molecule has 8 aromatic carbocycles. The van der Waals surface area contributed by atoms with E-state index in [1.54, 1.807) is 0 Å². The number of furan rings is 2. The second-order valence-electron chi connectivity index (χ2n) is 14.4. The van der Waals surface area contributed by atoms with Crippen LogP contribution in [0.25, 0.3) is 117 Å². The van der Waals surface area contributed by atoms with E-state index in [4.69, 9.17) is 23.8 Å². The molecule has 0 aliphatic rings. The standard InChI is InChI=1S/C51H30N4O2/c1-3-12-31(13-4-1)33-22-25-38-39-26-23-34(29-46(39)57-45(38)28-33)50-52-49(32-14-5-2-6-15-32)53-51(54-50)35-24-27-40-47(30-35)56-44-21-11-20-43(48(40)44)55-41-18-9-7-16-36(41)37-17-8-10-19-42(37)55/h1-30H. The fourth-order valence-electron chi connectivity index (χ4n) is 8.39. The maximum Gasteiger partial charge on any atom is 0.164 e. The molecule has 57 heavy (non-hydrogen) atoms. The van der Waals surface area contributed by atoms with E-state index < -0.39 is 0 Å². The average Bonchev–Trinajstić information content (AvgIpc) is 3.95. The fourth-order valence-corrected chi connectivity index (χ4v) is 8.39. The second kappa shape index (κ2) is 12.3. The smallest absolute Gasteiger partial charge is 0.164 e. The molecule has 0 spiro atoms. The molecule has 266 valence electrons. The Morgan fingerprint density at radius 2 is 0.789 bits per heavy atom. The Labute approximate surface area is 325 Å². The number of para-hydroxylation sites is 2. The van der Waals surface area contributed by atoms with Crippen molar-refractivity contribution < 1.29 is 8.83 Å². The van der Waals surface area contributed by atoms with Crippen LogP contribution in [0.1, 0.15) is 0 Å². The van der Waals surface area contributed by atoms with Crippen molar-refractivity contribution in [2.45, 2.75) is 0 Å². The van der Waals surface area contributed by atoms with Crippen molar-refractivity contribution in [2.24, 2.45) is 0 Å². The Bertz CT molecular complexity index is 3470. The van der Waals surface area contributed by atoms with E-state index in [1.807, 2.05) is 54.6 Å². The topological polar surface area (TPSA) is 69.9 Å². The molecule has 12 rings (SSSR count). The van der Waals surface area contributed by atoms with Crippen molar-refractivity contribution in [3.63, 3.8) is 0 Å². The molecule has 12 aromatic rings. The predicted octanol–water partition coefficient (Wildman–Crippen LogP) is 13.4. The van der Waals surface area contributed by atoms with E-state index in [0.29, 0.717) is 17.5 Å². The number of benzene rings is 8. The largest absolute Gasteiger partial charge is 0.456 e. The summed E-state index contributed by atoms with van der Waals surface area (Å²) in [6.07, 6.45) is 0. The lowest BCUT2D eigenvalue weighted by atomic mass is 10.0. The number of nitrogens with zero attached hydrogens (tertiary/aromatic N) is 4. The average molecular weight is 731 g/mol. The van der Waals surface area contributed by atoms with E-state index in [9.17, 15) is 0 Å². The van der Waals surface area contributed by atoms with Crippen LogP contribution in [0.2, 0.25) is 0 Å². The van der Waals surface area contributed by atoms with Crippen LogP contribution in [0.15, 0.2) is 191 Å². The quantitative estimate of drug-likeness (QED) is 0.176. The zero-order chi connectivity index (χ0) is 37.5. The molecule has 0 bridgehead atoms. The third-order valence-electron chi connectivity index (χ3n) is 11.1. The Balaban J connectivity index is 1.00. The van der Waals surface area contributed by atoms with Gasteiger partial charge < -0.3 is 13.4 Å². The van der Waals surface area contributed by atoms with Crippen LogP contribution in [-0.2, 0) is 0 Å². The van der Waals surface area contributed by atoms with Crippen molar-refractivity contribution >= 4 is 65.7 Å². The van der Waals surface area contributed by atoms with E-state index >= 15 is 0 Å². The van der Waals surface area contributed by atoms with Gasteiger partial charge in [-0.25, -0.2) is 15.0 Å². The summed E-state index contributed by atoms with van der Waals surface area (Å²) >= 11 is 0. The van der Waals surface area contributed by atoms with Gasteiger partial charge in [0.05, 0.1) is 22.1 Å². The summed E-state index contributed by atoms with van der Waals surface area (Å²) in [7, 11) is 0. The summed E-state index contributed by atoms with van der Waals surface area (Å²) in [5.74, 6) is 1.71. The van der Waals surface area contributed by atoms with Crippen molar-refractivity contribution in [1.82, 2.24) is 19.5 Å². The first-order valence-corrected chi connectivity index (χ1v) is 19.0. The lowest BCUT2D eigenvalue weighted by Crippen LogP contribution is -2.00. The third kappa shape index (κ3) is 5.01. The summed E-state index contributed by atoms with van der Waals surface area (Å²) in [5, 5.41) is 6.63. The van der Waals surface area contributed by atoms with Gasteiger partial charge in [-0.15, -0.1) is 0 Å². The van der Waals surface area contributed by atoms with Crippen molar-refractivity contribution in [1.29, 1.82) is 0 Å². The van der Waals surface area contributed by atoms with Crippen LogP contribution in [0.4, 0.5) is 0 Å². The van der Waals surface area contributed by atoms with Gasteiger partial charge in [-0.05, 0) is 71.8 Å². The summed E-state index contributed by atoms with van der Waals surface area (Å²) in [6.45, 7) is 0. The SMILES string of the molecule is c1ccc(-c2ccc3c(c2)oc2cc(-c4nc(-c5ccccc5)nc(-c5ccc6c(c5)oc5cccc(-n7c8ccccc8c8ccccc87)c56)n4)ccc23)cc1. The Morgan fingerprint density at radius 1 is 0.316 bits per heavy atom. The number of rotatable bonds is 5. The molecule has 4 aromatic heterocycles. The van der Waals surface area contributed by atoms with Gasteiger partial charge in [-0.2, -0.15) is 0 Å². The van der Waals surface area contributed by atoms with Gasteiger partial charge in [0.25, 0.3) is 0 Å². The van der Waals surface area contributed by atoms with E-state index in [2.05, 4.69) is 132 Å². The maximum absolute atomic E-state index is 6.62. The van der Waals surface area contributed by atoms with Gasteiger partial charge in [0.15, 0.2) is 17.5 Å². The third-order valence-corrected chi connectivity index (χ3v) is 11.1. The van der Waals surface area contributed by atoms with Crippen molar-refractivity contribution in [3.05, 3.63) is 182 Å². The van der Waals surface area contributed by atoms with Gasteiger partial charge in [0.1, 0.15) is 22.3 Å². The van der Waals surface area contributed by atoms with E-state index in [1.165, 1.54) is 10.8 Å². The maximum atomic E-state index is 6.62. The first kappa shape index (κ1) is 31.5. The molecule has 6 nitrogen and oxygen atoms in total. The van der Waals surface area contributed by atoms with Gasteiger partial charge in [0, 0.05) is 43.6 Å². The van der Waals surface area contributed by atoms with E-state index in [-0.39, 0.29) is 0 Å². The molecule has 0 aliphatic heterocycles. The van der Waals surface area contributed by atoms with Crippen molar-refractivity contribution in [2.75, 3.05) is 0 Å². The minimum absolute atomic E-state index is 0.557. The highest BCUT2D eigenvalue weighted by molar-refractivity contribution is 6.14. The lowest BCUT2D eigenvalue weighted by Gasteiger charge is -2.10. The van der Waals surface area contributed by atoms with Gasteiger partial charge in [-0.3, -0.25) is 0 Å². The molecular formula is C51H30N4O2. The molecule has 0 saturated carbocycles. The molecular weight excluding hydrogens is 701 g/mol. The molecule has 6 heteroatoms. The van der Waals surface area contributed by atoms with Crippen LogP contribution in [0.5, 0.6) is 0 Å². The van der Waals surface area contributed by atoms with Crippen molar-refractivity contribution in [3.8, 4) is 51.0 Å². The number of aromatic nitrogens is 4. The first-order valence-electron chi connectivity index (χ1n) is 19.0. The minimum atomic E-state index is 0.557. The molecule has 4 heterocycles. The van der Waals surface area contributed by atoms with Gasteiger partial charge in [0.2, 0.25) is 0 Å². The molecule has 0 aliphatic carbocycles. The zero-order valence-electron chi connectivity index (χ0n) is 30.4. The molecule has 0 saturated heterocycles. The fraction of sp³-hybridized carbons (Fsp3) is 0. The van der Waals surface area contributed by atoms with Crippen LogP contribution >= 0.6 is 0 Å². The van der Waals surface area contributed by atoms with Gasteiger partial charge >= 0.3 is 0 Å². The Kier molecular flexibility index (Phi) is 6.83. The number of fused-ring (bicyclic) bond motifs is 9. The molecule has 0 radical (unpaired) electrons. The molecule has 0 amide bonds. The zero-order valence-corrected chi connectivity index (χ0v) is 30.4. The number of hydrogen-bond donors (Lipinski definition) is 0. The molecule has 0 N–H and O–H groups in total. The lowest BCUT2D eigenvalue weighted by molar-refractivity contribution is 0.668. The number of hydrogen-bond acceptors (Lipinski definition) is 5.